The fraction of sp³-hybridized carbons (Fsp3) is 0.533. The molecule has 0 aliphatic heterocycles. The minimum absolute atomic E-state index is 0.0830. The Hall–Kier alpha value is -0.770. The molecule has 1 amide bonds. The molecule has 1 aromatic carbocycles. The Morgan fingerprint density at radius 3 is 2.40 bits per heavy atom. The van der Waals surface area contributed by atoms with Gasteiger partial charge in [0.15, 0.2) is 0 Å². The molecule has 0 spiro atoms. The van der Waals surface area contributed by atoms with Gasteiger partial charge in [0.05, 0.1) is 12.0 Å². The summed E-state index contributed by atoms with van der Waals surface area (Å²) in [5.74, 6) is -0.0830. The normalized spacial score (nSPS) is 17.2. The van der Waals surface area contributed by atoms with Crippen LogP contribution in [0.2, 0.25) is 10.0 Å². The minimum atomic E-state index is -0.727. The SMILES string of the molecule is CN(CC1(O)CCCC1)C(=O)Cc1c(Cl)cccc1Cl. The summed E-state index contributed by atoms with van der Waals surface area (Å²) < 4.78 is 0. The van der Waals surface area contributed by atoms with Crippen LogP contribution in [0.4, 0.5) is 0 Å². The molecule has 0 bridgehead atoms. The molecule has 2 rings (SSSR count). The lowest BCUT2D eigenvalue weighted by Crippen LogP contribution is -2.42. The number of carbonyl (C=O) groups excluding carboxylic acids is 1. The number of aliphatic hydroxyl groups is 1. The van der Waals surface area contributed by atoms with Gasteiger partial charge in [-0.3, -0.25) is 4.79 Å². The van der Waals surface area contributed by atoms with Crippen LogP contribution in [0.3, 0.4) is 0 Å². The number of likely N-dealkylation sites (N-methyl/N-ethyl adjacent to an activating group) is 1. The van der Waals surface area contributed by atoms with Crippen molar-refractivity contribution in [3.63, 3.8) is 0 Å². The zero-order chi connectivity index (χ0) is 14.8. The summed E-state index contributed by atoms with van der Waals surface area (Å²) in [6.07, 6.45) is 3.73. The van der Waals surface area contributed by atoms with Gasteiger partial charge in [0.25, 0.3) is 0 Å². The van der Waals surface area contributed by atoms with Crippen molar-refractivity contribution in [1.29, 1.82) is 0 Å². The number of hydrogen-bond donors (Lipinski definition) is 1. The van der Waals surface area contributed by atoms with Gasteiger partial charge < -0.3 is 10.0 Å². The lowest BCUT2D eigenvalue weighted by atomic mass is 10.0. The summed E-state index contributed by atoms with van der Waals surface area (Å²) >= 11 is 12.1. The van der Waals surface area contributed by atoms with Gasteiger partial charge >= 0.3 is 0 Å². The second-order valence-corrected chi connectivity index (χ2v) is 6.37. The van der Waals surface area contributed by atoms with Crippen molar-refractivity contribution >= 4 is 29.1 Å². The van der Waals surface area contributed by atoms with E-state index in [1.54, 1.807) is 30.1 Å². The first kappa shape index (κ1) is 15.6. The fourth-order valence-electron chi connectivity index (χ4n) is 2.71. The van der Waals surface area contributed by atoms with Crippen molar-refractivity contribution in [2.24, 2.45) is 0 Å². The van der Waals surface area contributed by atoms with Gasteiger partial charge in [0.1, 0.15) is 0 Å². The molecule has 0 heterocycles. The predicted molar refractivity (Wildman–Crippen MR) is 81.2 cm³/mol. The van der Waals surface area contributed by atoms with Crippen LogP contribution in [0.15, 0.2) is 18.2 Å². The van der Waals surface area contributed by atoms with Gasteiger partial charge in [0, 0.05) is 23.6 Å². The Balaban J connectivity index is 2.01. The van der Waals surface area contributed by atoms with Crippen molar-refractivity contribution in [3.05, 3.63) is 33.8 Å². The standard InChI is InChI=1S/C15H19Cl2NO2/c1-18(10-15(20)7-2-3-8-15)14(19)9-11-12(16)5-4-6-13(11)17/h4-6,20H,2-3,7-10H2,1H3. The topological polar surface area (TPSA) is 40.5 Å². The summed E-state index contributed by atoms with van der Waals surface area (Å²) in [7, 11) is 1.71. The smallest absolute Gasteiger partial charge is 0.226 e. The Bertz CT molecular complexity index is 478. The van der Waals surface area contributed by atoms with Crippen molar-refractivity contribution in [2.75, 3.05) is 13.6 Å². The highest BCUT2D eigenvalue weighted by Crippen LogP contribution is 2.30. The third kappa shape index (κ3) is 3.66. The van der Waals surface area contributed by atoms with Gasteiger partial charge in [-0.2, -0.15) is 0 Å². The van der Waals surface area contributed by atoms with E-state index in [1.165, 1.54) is 0 Å². The van der Waals surface area contributed by atoms with E-state index in [9.17, 15) is 9.90 Å². The highest BCUT2D eigenvalue weighted by atomic mass is 35.5. The van der Waals surface area contributed by atoms with E-state index in [4.69, 9.17) is 23.2 Å². The van der Waals surface area contributed by atoms with E-state index in [1.807, 2.05) is 0 Å². The summed E-state index contributed by atoms with van der Waals surface area (Å²) in [6.45, 7) is 0.369. The first-order chi connectivity index (χ1) is 9.41. The first-order valence-electron chi connectivity index (χ1n) is 6.80. The summed E-state index contributed by atoms with van der Waals surface area (Å²) in [4.78, 5) is 13.8. The molecular formula is C15H19Cl2NO2. The lowest BCUT2D eigenvalue weighted by molar-refractivity contribution is -0.132. The Morgan fingerprint density at radius 2 is 1.85 bits per heavy atom. The van der Waals surface area contributed by atoms with Gasteiger partial charge in [0.2, 0.25) is 5.91 Å². The Labute approximate surface area is 129 Å². The predicted octanol–water partition coefficient (Wildman–Crippen LogP) is 3.30. The van der Waals surface area contributed by atoms with Crippen molar-refractivity contribution in [3.8, 4) is 0 Å². The fourth-order valence-corrected chi connectivity index (χ4v) is 3.24. The van der Waals surface area contributed by atoms with E-state index < -0.39 is 5.60 Å². The molecule has 0 atom stereocenters. The molecule has 3 nitrogen and oxygen atoms in total. The molecule has 1 fully saturated rings. The van der Waals surface area contributed by atoms with Crippen LogP contribution in [-0.4, -0.2) is 35.1 Å². The Kier molecular flexibility index (Phi) is 4.95. The Morgan fingerprint density at radius 1 is 1.30 bits per heavy atom. The molecule has 0 aromatic heterocycles. The molecule has 20 heavy (non-hydrogen) atoms. The first-order valence-corrected chi connectivity index (χ1v) is 7.56. The van der Waals surface area contributed by atoms with Crippen LogP contribution in [0.25, 0.3) is 0 Å². The summed E-state index contributed by atoms with van der Waals surface area (Å²) in [6, 6.07) is 5.20. The summed E-state index contributed by atoms with van der Waals surface area (Å²) in [5, 5.41) is 11.3. The largest absolute Gasteiger partial charge is 0.388 e. The average Bonchev–Trinajstić information content (AvgIpc) is 2.80. The van der Waals surface area contributed by atoms with Gasteiger partial charge in [-0.1, -0.05) is 42.1 Å². The molecule has 110 valence electrons. The second-order valence-electron chi connectivity index (χ2n) is 5.56. The van der Waals surface area contributed by atoms with Crippen LogP contribution in [0.1, 0.15) is 31.2 Å². The summed E-state index contributed by atoms with van der Waals surface area (Å²) in [5.41, 5.74) is -0.0830. The molecule has 0 saturated heterocycles. The van der Waals surface area contributed by atoms with E-state index in [-0.39, 0.29) is 12.3 Å². The monoisotopic (exact) mass is 315 g/mol. The zero-order valence-corrected chi connectivity index (χ0v) is 13.0. The number of hydrogen-bond acceptors (Lipinski definition) is 2. The number of amides is 1. The van der Waals surface area contributed by atoms with Crippen LogP contribution >= 0.6 is 23.2 Å². The maximum Gasteiger partial charge on any atom is 0.226 e. The molecule has 1 N–H and O–H groups in total. The number of nitrogens with zero attached hydrogens (tertiary/aromatic N) is 1. The molecule has 0 unspecified atom stereocenters. The average molecular weight is 316 g/mol. The minimum Gasteiger partial charge on any atom is -0.388 e. The zero-order valence-electron chi connectivity index (χ0n) is 11.5. The lowest BCUT2D eigenvalue weighted by Gasteiger charge is -2.28. The van der Waals surface area contributed by atoms with Gasteiger partial charge in [-0.05, 0) is 30.5 Å². The highest BCUT2D eigenvalue weighted by molar-refractivity contribution is 6.36. The van der Waals surface area contributed by atoms with E-state index in [2.05, 4.69) is 0 Å². The van der Waals surface area contributed by atoms with Crippen molar-refractivity contribution in [1.82, 2.24) is 4.90 Å². The van der Waals surface area contributed by atoms with Crippen molar-refractivity contribution in [2.45, 2.75) is 37.7 Å². The molecule has 1 aliphatic rings. The molecule has 0 radical (unpaired) electrons. The highest BCUT2D eigenvalue weighted by Gasteiger charge is 2.33. The van der Waals surface area contributed by atoms with Crippen LogP contribution in [0, 0.1) is 0 Å². The third-order valence-corrected chi connectivity index (χ3v) is 4.59. The quantitative estimate of drug-likeness (QED) is 0.926. The van der Waals surface area contributed by atoms with Crippen LogP contribution < -0.4 is 0 Å². The molecule has 1 aliphatic carbocycles. The van der Waals surface area contributed by atoms with Crippen LogP contribution in [-0.2, 0) is 11.2 Å². The maximum absolute atomic E-state index is 12.2. The van der Waals surface area contributed by atoms with E-state index >= 15 is 0 Å². The number of halogens is 2. The number of rotatable bonds is 4. The molecule has 1 saturated carbocycles. The van der Waals surface area contributed by atoms with Gasteiger partial charge in [-0.25, -0.2) is 0 Å². The number of carbonyl (C=O) groups is 1. The number of benzene rings is 1. The molecular weight excluding hydrogens is 297 g/mol. The van der Waals surface area contributed by atoms with Crippen LogP contribution in [0.5, 0.6) is 0 Å². The molecule has 5 heteroatoms. The van der Waals surface area contributed by atoms with Gasteiger partial charge in [-0.15, -0.1) is 0 Å². The maximum atomic E-state index is 12.2. The second kappa shape index (κ2) is 6.33. The van der Waals surface area contributed by atoms with E-state index in [0.717, 1.165) is 25.7 Å². The van der Waals surface area contributed by atoms with Crippen molar-refractivity contribution < 1.29 is 9.90 Å². The van der Waals surface area contributed by atoms with E-state index in [0.29, 0.717) is 22.2 Å². The molecule has 1 aromatic rings. The third-order valence-electron chi connectivity index (χ3n) is 3.88.